The van der Waals surface area contributed by atoms with E-state index in [1.807, 2.05) is 6.92 Å². The van der Waals surface area contributed by atoms with Gasteiger partial charge in [0.15, 0.2) is 0 Å². The van der Waals surface area contributed by atoms with Crippen LogP contribution >= 0.6 is 0 Å². The molecule has 0 aromatic heterocycles. The summed E-state index contributed by atoms with van der Waals surface area (Å²) >= 11 is 0. The van der Waals surface area contributed by atoms with Crippen molar-refractivity contribution in [1.29, 1.82) is 0 Å². The average Bonchev–Trinajstić information content (AvgIpc) is 2.37. The number of hydrogen-bond acceptors (Lipinski definition) is 2. The smallest absolute Gasteiger partial charge is 0.0463 e. The molecule has 1 aromatic rings. The molecule has 0 saturated heterocycles. The topological polar surface area (TPSA) is 35.2 Å². The fraction of sp³-hybridized carbons (Fsp3) is 0.600. The Labute approximate surface area is 106 Å². The molecule has 0 saturated carbocycles. The van der Waals surface area contributed by atoms with Gasteiger partial charge in [-0.1, -0.05) is 39.0 Å². The highest BCUT2D eigenvalue weighted by atomic mass is 16.5. The zero-order valence-electron chi connectivity index (χ0n) is 11.8. The summed E-state index contributed by atoms with van der Waals surface area (Å²) in [6.07, 6.45) is 3.19. The van der Waals surface area contributed by atoms with Gasteiger partial charge in [-0.05, 0) is 37.3 Å². The number of aryl methyl sites for hydroxylation is 2. The molecule has 2 nitrogen and oxygen atoms in total. The maximum absolute atomic E-state index is 5.90. The molecule has 0 fully saturated rings. The third-order valence-corrected chi connectivity index (χ3v) is 2.60. The van der Waals surface area contributed by atoms with Gasteiger partial charge in [-0.15, -0.1) is 0 Å². The zero-order chi connectivity index (χ0) is 13.1. The Kier molecular flexibility index (Phi) is 9.55. The summed E-state index contributed by atoms with van der Waals surface area (Å²) in [7, 11) is 0. The van der Waals surface area contributed by atoms with Crippen LogP contribution in [0.15, 0.2) is 18.2 Å². The Morgan fingerprint density at radius 1 is 1.00 bits per heavy atom. The van der Waals surface area contributed by atoms with E-state index >= 15 is 0 Å². The molecule has 0 aliphatic rings. The van der Waals surface area contributed by atoms with Crippen LogP contribution in [0, 0.1) is 0 Å². The summed E-state index contributed by atoms with van der Waals surface area (Å²) < 4.78 is 4.98. The van der Waals surface area contributed by atoms with Crippen LogP contribution < -0.4 is 5.73 Å². The zero-order valence-corrected chi connectivity index (χ0v) is 11.8. The van der Waals surface area contributed by atoms with E-state index in [2.05, 4.69) is 39.0 Å². The van der Waals surface area contributed by atoms with Crippen LogP contribution in [0.4, 0.5) is 5.69 Å². The molecule has 98 valence electrons. The summed E-state index contributed by atoms with van der Waals surface area (Å²) in [6.45, 7) is 10.1. The first-order valence-electron chi connectivity index (χ1n) is 6.65. The molecule has 0 atom stereocenters. The number of hydrogen-bond donors (Lipinski definition) is 1. The minimum atomic E-state index is 0.855. The van der Waals surface area contributed by atoms with E-state index < -0.39 is 0 Å². The first-order chi connectivity index (χ1) is 8.21. The molecule has 0 aliphatic heterocycles. The maximum Gasteiger partial charge on any atom is 0.0463 e. The van der Waals surface area contributed by atoms with E-state index in [0.717, 1.165) is 38.2 Å². The number of rotatable bonds is 5. The first kappa shape index (κ1) is 16.0. The van der Waals surface area contributed by atoms with Crippen LogP contribution in [0.1, 0.15) is 45.2 Å². The molecule has 0 spiro atoms. The standard InChI is InChI=1S/C10H15N.C5H12O/c1-3-8-6-5-7-9(4-2)10(8)11;1-3-5-6-4-2/h5-7H,3-4,11H2,1-2H3;3-5H2,1-2H3. The van der Waals surface area contributed by atoms with E-state index in [-0.39, 0.29) is 0 Å². The van der Waals surface area contributed by atoms with E-state index in [4.69, 9.17) is 10.5 Å². The van der Waals surface area contributed by atoms with Crippen molar-refractivity contribution in [3.05, 3.63) is 29.3 Å². The number of nitrogen functional groups attached to an aromatic ring is 1. The molecule has 1 rings (SSSR count). The summed E-state index contributed by atoms with van der Waals surface area (Å²) in [5.74, 6) is 0. The Hall–Kier alpha value is -1.02. The lowest BCUT2D eigenvalue weighted by Crippen LogP contribution is -1.97. The minimum absolute atomic E-state index is 0.855. The lowest BCUT2D eigenvalue weighted by Gasteiger charge is -2.06. The van der Waals surface area contributed by atoms with Gasteiger partial charge in [0, 0.05) is 18.9 Å². The van der Waals surface area contributed by atoms with Gasteiger partial charge in [-0.2, -0.15) is 0 Å². The number of anilines is 1. The molecule has 2 N–H and O–H groups in total. The lowest BCUT2D eigenvalue weighted by atomic mass is 10.0. The second-order valence-electron chi connectivity index (χ2n) is 3.89. The first-order valence-corrected chi connectivity index (χ1v) is 6.65. The number of ether oxygens (including phenoxy) is 1. The van der Waals surface area contributed by atoms with Crippen LogP contribution in [0.2, 0.25) is 0 Å². The van der Waals surface area contributed by atoms with Gasteiger partial charge in [0.25, 0.3) is 0 Å². The molecule has 2 heteroatoms. The van der Waals surface area contributed by atoms with Gasteiger partial charge < -0.3 is 10.5 Å². The quantitative estimate of drug-likeness (QED) is 0.624. The van der Waals surface area contributed by atoms with Crippen LogP contribution in [-0.4, -0.2) is 13.2 Å². The summed E-state index contributed by atoms with van der Waals surface area (Å²) in [5, 5.41) is 0. The molecular formula is C15H27NO. The number of benzene rings is 1. The highest BCUT2D eigenvalue weighted by Crippen LogP contribution is 2.17. The van der Waals surface area contributed by atoms with Crippen LogP contribution in [0.3, 0.4) is 0 Å². The molecular weight excluding hydrogens is 210 g/mol. The summed E-state index contributed by atoms with van der Waals surface area (Å²) in [6, 6.07) is 6.26. The van der Waals surface area contributed by atoms with E-state index in [1.165, 1.54) is 11.1 Å². The van der Waals surface area contributed by atoms with Crippen LogP contribution in [-0.2, 0) is 17.6 Å². The third-order valence-electron chi connectivity index (χ3n) is 2.60. The molecule has 0 heterocycles. The predicted molar refractivity (Wildman–Crippen MR) is 76.4 cm³/mol. The highest BCUT2D eigenvalue weighted by Gasteiger charge is 1.99. The predicted octanol–water partition coefficient (Wildman–Crippen LogP) is 3.83. The summed E-state index contributed by atoms with van der Waals surface area (Å²) in [4.78, 5) is 0. The van der Waals surface area contributed by atoms with Crippen molar-refractivity contribution in [2.75, 3.05) is 18.9 Å². The molecule has 17 heavy (non-hydrogen) atoms. The van der Waals surface area contributed by atoms with Crippen molar-refractivity contribution in [2.45, 2.75) is 47.0 Å². The fourth-order valence-corrected chi connectivity index (χ4v) is 1.57. The van der Waals surface area contributed by atoms with Crippen LogP contribution in [0.5, 0.6) is 0 Å². The van der Waals surface area contributed by atoms with Gasteiger partial charge >= 0.3 is 0 Å². The van der Waals surface area contributed by atoms with Crippen molar-refractivity contribution >= 4 is 5.69 Å². The molecule has 0 radical (unpaired) electrons. The van der Waals surface area contributed by atoms with Crippen molar-refractivity contribution < 1.29 is 4.74 Å². The fourth-order valence-electron chi connectivity index (χ4n) is 1.57. The van der Waals surface area contributed by atoms with Gasteiger partial charge in [-0.25, -0.2) is 0 Å². The largest absolute Gasteiger partial charge is 0.398 e. The molecule has 1 aromatic carbocycles. The number of para-hydroxylation sites is 1. The second-order valence-corrected chi connectivity index (χ2v) is 3.89. The van der Waals surface area contributed by atoms with Gasteiger partial charge in [-0.3, -0.25) is 0 Å². The van der Waals surface area contributed by atoms with Gasteiger partial charge in [0.2, 0.25) is 0 Å². The monoisotopic (exact) mass is 237 g/mol. The SMILES string of the molecule is CCCOCC.CCc1cccc(CC)c1N. The van der Waals surface area contributed by atoms with E-state index in [0.29, 0.717) is 0 Å². The molecule has 0 aliphatic carbocycles. The van der Waals surface area contributed by atoms with Gasteiger partial charge in [0.05, 0.1) is 0 Å². The van der Waals surface area contributed by atoms with Crippen molar-refractivity contribution in [1.82, 2.24) is 0 Å². The van der Waals surface area contributed by atoms with Gasteiger partial charge in [0.1, 0.15) is 0 Å². The second kappa shape index (κ2) is 10.2. The average molecular weight is 237 g/mol. The third kappa shape index (κ3) is 6.32. The molecule has 0 bridgehead atoms. The highest BCUT2D eigenvalue weighted by molar-refractivity contribution is 5.53. The minimum Gasteiger partial charge on any atom is -0.398 e. The van der Waals surface area contributed by atoms with E-state index in [1.54, 1.807) is 0 Å². The van der Waals surface area contributed by atoms with E-state index in [9.17, 15) is 0 Å². The Bertz CT molecular complexity index is 271. The maximum atomic E-state index is 5.90. The number of nitrogens with two attached hydrogens (primary N) is 1. The Balaban J connectivity index is 0.000000366. The molecule has 0 amide bonds. The Morgan fingerprint density at radius 2 is 1.53 bits per heavy atom. The normalized spacial score (nSPS) is 9.65. The molecule has 0 unspecified atom stereocenters. The van der Waals surface area contributed by atoms with Crippen LogP contribution in [0.25, 0.3) is 0 Å². The van der Waals surface area contributed by atoms with Crippen molar-refractivity contribution in [2.24, 2.45) is 0 Å². The van der Waals surface area contributed by atoms with Crippen molar-refractivity contribution in [3.8, 4) is 0 Å². The van der Waals surface area contributed by atoms with Crippen molar-refractivity contribution in [3.63, 3.8) is 0 Å². The Morgan fingerprint density at radius 3 is 1.82 bits per heavy atom. The lowest BCUT2D eigenvalue weighted by molar-refractivity contribution is 0.148. The summed E-state index contributed by atoms with van der Waals surface area (Å²) in [5.41, 5.74) is 9.42.